The zero-order valence-electron chi connectivity index (χ0n) is 18.2. The molecule has 3 amide bonds. The number of carbonyl (C=O) groups is 3. The summed E-state index contributed by atoms with van der Waals surface area (Å²) in [7, 11) is 0. The maximum atomic E-state index is 13.2. The van der Waals surface area contributed by atoms with Gasteiger partial charge in [0, 0.05) is 39.0 Å². The molecule has 29 heavy (non-hydrogen) atoms. The third kappa shape index (κ3) is 7.18. The molecular weight excluding hydrogens is 366 g/mol. The first-order valence-corrected chi connectivity index (χ1v) is 10.7. The van der Waals surface area contributed by atoms with Gasteiger partial charge < -0.3 is 15.1 Å². The van der Waals surface area contributed by atoms with Crippen molar-refractivity contribution < 1.29 is 14.4 Å². The maximum absolute atomic E-state index is 13.2. The number of benzene rings is 1. The van der Waals surface area contributed by atoms with Crippen molar-refractivity contribution in [2.24, 2.45) is 11.8 Å². The average Bonchev–Trinajstić information content (AvgIpc) is 2.70. The Hall–Kier alpha value is -2.37. The van der Waals surface area contributed by atoms with E-state index in [1.807, 2.05) is 49.1 Å². The predicted octanol–water partition coefficient (Wildman–Crippen LogP) is 3.00. The number of carbonyl (C=O) groups excluding carboxylic acids is 3. The van der Waals surface area contributed by atoms with Crippen LogP contribution in [0.1, 0.15) is 58.6 Å². The van der Waals surface area contributed by atoms with Crippen LogP contribution in [0.2, 0.25) is 0 Å². The third-order valence-corrected chi connectivity index (χ3v) is 5.16. The minimum Gasteiger partial charge on any atom is -0.341 e. The van der Waals surface area contributed by atoms with Crippen molar-refractivity contribution in [2.75, 3.05) is 26.2 Å². The van der Waals surface area contributed by atoms with Gasteiger partial charge in [0.25, 0.3) is 0 Å². The fraction of sp³-hybridized carbons (Fsp3) is 0.609. The lowest BCUT2D eigenvalue weighted by atomic mass is 10.0. The van der Waals surface area contributed by atoms with Crippen LogP contribution in [-0.4, -0.2) is 53.7 Å². The molecule has 0 bridgehead atoms. The Labute approximate surface area is 174 Å². The molecule has 1 aromatic carbocycles. The van der Waals surface area contributed by atoms with Crippen molar-refractivity contribution in [2.45, 2.75) is 53.0 Å². The van der Waals surface area contributed by atoms with Gasteiger partial charge in [0.2, 0.25) is 17.7 Å². The largest absolute Gasteiger partial charge is 0.341 e. The second-order valence-electron chi connectivity index (χ2n) is 8.65. The smallest absolute Gasteiger partial charge is 0.249 e. The van der Waals surface area contributed by atoms with Crippen LogP contribution in [0.4, 0.5) is 0 Å². The lowest BCUT2D eigenvalue weighted by molar-refractivity contribution is -0.142. The summed E-state index contributed by atoms with van der Waals surface area (Å²) in [5.41, 5.74) is 0.782. The van der Waals surface area contributed by atoms with Crippen molar-refractivity contribution in [3.05, 3.63) is 35.9 Å². The Morgan fingerprint density at radius 3 is 2.03 bits per heavy atom. The van der Waals surface area contributed by atoms with Crippen LogP contribution < -0.4 is 5.32 Å². The van der Waals surface area contributed by atoms with Crippen molar-refractivity contribution >= 4 is 17.7 Å². The van der Waals surface area contributed by atoms with Gasteiger partial charge in [0.15, 0.2) is 0 Å². The number of amides is 3. The van der Waals surface area contributed by atoms with Crippen LogP contribution >= 0.6 is 0 Å². The lowest BCUT2D eigenvalue weighted by Gasteiger charge is -2.36. The van der Waals surface area contributed by atoms with Crippen LogP contribution in [0.15, 0.2) is 30.3 Å². The van der Waals surface area contributed by atoms with E-state index in [4.69, 9.17) is 0 Å². The number of hydrogen-bond acceptors (Lipinski definition) is 3. The molecule has 1 aliphatic rings. The molecule has 1 heterocycles. The molecule has 1 unspecified atom stereocenters. The number of nitrogens with one attached hydrogen (secondary N) is 1. The zero-order chi connectivity index (χ0) is 21.4. The molecule has 2 rings (SSSR count). The van der Waals surface area contributed by atoms with E-state index in [9.17, 15) is 14.4 Å². The molecule has 0 aliphatic carbocycles. The van der Waals surface area contributed by atoms with E-state index < -0.39 is 6.04 Å². The minimum atomic E-state index is -0.689. The second kappa shape index (κ2) is 11.0. The molecule has 160 valence electrons. The summed E-state index contributed by atoms with van der Waals surface area (Å²) in [5.74, 6) is 0.660. The van der Waals surface area contributed by atoms with E-state index >= 15 is 0 Å². The van der Waals surface area contributed by atoms with Crippen molar-refractivity contribution in [1.82, 2.24) is 15.1 Å². The van der Waals surface area contributed by atoms with Gasteiger partial charge in [-0.2, -0.15) is 0 Å². The van der Waals surface area contributed by atoms with Gasteiger partial charge in [-0.05, 0) is 23.8 Å². The van der Waals surface area contributed by atoms with Gasteiger partial charge in [-0.25, -0.2) is 0 Å². The summed E-state index contributed by atoms with van der Waals surface area (Å²) in [6, 6.07) is 8.67. The molecule has 1 fully saturated rings. The molecule has 0 aromatic heterocycles. The van der Waals surface area contributed by atoms with E-state index in [1.165, 1.54) is 0 Å². The first-order chi connectivity index (χ1) is 13.8. The van der Waals surface area contributed by atoms with E-state index in [2.05, 4.69) is 19.2 Å². The highest BCUT2D eigenvalue weighted by Crippen LogP contribution is 2.18. The molecule has 1 atom stereocenters. The first kappa shape index (κ1) is 22.9. The lowest BCUT2D eigenvalue weighted by Crippen LogP contribution is -2.53. The molecule has 0 radical (unpaired) electrons. The molecule has 1 N–H and O–H groups in total. The van der Waals surface area contributed by atoms with Crippen LogP contribution in [0.3, 0.4) is 0 Å². The van der Waals surface area contributed by atoms with Gasteiger partial charge in [-0.1, -0.05) is 58.0 Å². The molecule has 6 heteroatoms. The van der Waals surface area contributed by atoms with E-state index in [0.717, 1.165) is 12.0 Å². The van der Waals surface area contributed by atoms with Gasteiger partial charge in [-0.15, -0.1) is 0 Å². The Balaban J connectivity index is 2.01. The summed E-state index contributed by atoms with van der Waals surface area (Å²) in [6.07, 6.45) is 1.83. The molecular formula is C23H35N3O3. The summed E-state index contributed by atoms with van der Waals surface area (Å²) in [4.78, 5) is 41.5. The van der Waals surface area contributed by atoms with Crippen molar-refractivity contribution in [1.29, 1.82) is 0 Å². The third-order valence-electron chi connectivity index (χ3n) is 5.16. The maximum Gasteiger partial charge on any atom is 0.249 e. The summed E-state index contributed by atoms with van der Waals surface area (Å²) < 4.78 is 0. The van der Waals surface area contributed by atoms with Gasteiger partial charge >= 0.3 is 0 Å². The van der Waals surface area contributed by atoms with E-state index in [-0.39, 0.29) is 23.6 Å². The molecule has 1 aliphatic heterocycles. The Morgan fingerprint density at radius 1 is 0.897 bits per heavy atom. The topological polar surface area (TPSA) is 69.7 Å². The van der Waals surface area contributed by atoms with E-state index in [0.29, 0.717) is 44.9 Å². The summed E-state index contributed by atoms with van der Waals surface area (Å²) in [6.45, 7) is 10.3. The zero-order valence-corrected chi connectivity index (χ0v) is 18.2. The monoisotopic (exact) mass is 401 g/mol. The number of rotatable bonds is 8. The highest BCUT2D eigenvalue weighted by molar-refractivity contribution is 5.89. The van der Waals surface area contributed by atoms with Crippen LogP contribution in [0.5, 0.6) is 0 Å². The fourth-order valence-electron chi connectivity index (χ4n) is 3.45. The standard InChI is InChI=1S/C23H35N3O3/c1-17(2)10-11-21(28)25-12-14-26(15-13-25)23(29)22(19-8-6-5-7-9-19)24-20(27)16-18(3)4/h5-9,17-18,22H,10-16H2,1-4H3,(H,24,27). The molecule has 0 saturated carbocycles. The summed E-state index contributed by atoms with van der Waals surface area (Å²) >= 11 is 0. The Morgan fingerprint density at radius 2 is 1.48 bits per heavy atom. The molecule has 1 saturated heterocycles. The minimum absolute atomic E-state index is 0.109. The van der Waals surface area contributed by atoms with Gasteiger partial charge in [0.05, 0.1) is 0 Å². The molecule has 6 nitrogen and oxygen atoms in total. The molecule has 1 aromatic rings. The summed E-state index contributed by atoms with van der Waals surface area (Å²) in [5, 5.41) is 2.92. The first-order valence-electron chi connectivity index (χ1n) is 10.7. The van der Waals surface area contributed by atoms with Crippen LogP contribution in [0.25, 0.3) is 0 Å². The quantitative estimate of drug-likeness (QED) is 0.728. The van der Waals surface area contributed by atoms with Gasteiger partial charge in [0.1, 0.15) is 6.04 Å². The number of hydrogen-bond donors (Lipinski definition) is 1. The van der Waals surface area contributed by atoms with Crippen molar-refractivity contribution in [3.63, 3.8) is 0 Å². The number of piperazine rings is 1. The second-order valence-corrected chi connectivity index (χ2v) is 8.65. The van der Waals surface area contributed by atoms with E-state index in [1.54, 1.807) is 4.90 Å². The highest BCUT2D eigenvalue weighted by atomic mass is 16.2. The molecule has 0 spiro atoms. The Kier molecular flexibility index (Phi) is 8.68. The van der Waals surface area contributed by atoms with Crippen LogP contribution in [-0.2, 0) is 14.4 Å². The predicted molar refractivity (Wildman–Crippen MR) is 114 cm³/mol. The van der Waals surface area contributed by atoms with Crippen LogP contribution in [0, 0.1) is 11.8 Å². The SMILES string of the molecule is CC(C)CCC(=O)N1CCN(C(=O)C(NC(=O)CC(C)C)c2ccccc2)CC1. The fourth-order valence-corrected chi connectivity index (χ4v) is 3.45. The normalized spacial score (nSPS) is 15.5. The van der Waals surface area contributed by atoms with Gasteiger partial charge in [-0.3, -0.25) is 14.4 Å². The van der Waals surface area contributed by atoms with Crippen molar-refractivity contribution in [3.8, 4) is 0 Å². The average molecular weight is 402 g/mol. The Bertz CT molecular complexity index is 680. The highest BCUT2D eigenvalue weighted by Gasteiger charge is 2.30. The number of nitrogens with zero attached hydrogens (tertiary/aromatic N) is 2.